The van der Waals surface area contributed by atoms with E-state index in [0.29, 0.717) is 24.3 Å². The molecular formula is C29H33N5O2. The van der Waals surface area contributed by atoms with Crippen LogP contribution in [-0.2, 0) is 6.42 Å². The minimum absolute atomic E-state index is 0.315. The van der Waals surface area contributed by atoms with Crippen molar-refractivity contribution in [1.82, 2.24) is 20.3 Å². The Morgan fingerprint density at radius 3 is 2.75 bits per heavy atom. The molecule has 1 atom stereocenters. The van der Waals surface area contributed by atoms with Crippen molar-refractivity contribution in [3.05, 3.63) is 72.1 Å². The summed E-state index contributed by atoms with van der Waals surface area (Å²) in [6.07, 6.45) is 6.28. The van der Waals surface area contributed by atoms with Gasteiger partial charge in [-0.1, -0.05) is 30.3 Å². The van der Waals surface area contributed by atoms with Crippen LogP contribution in [0.5, 0.6) is 11.6 Å². The minimum atomic E-state index is -0.805. The maximum Gasteiger partial charge on any atom is 0.228 e. The Hall–Kier alpha value is -3.55. The first kappa shape index (κ1) is 24.2. The van der Waals surface area contributed by atoms with E-state index in [2.05, 4.69) is 44.9 Å². The highest BCUT2D eigenvalue weighted by atomic mass is 16.5. The molecule has 186 valence electrons. The molecule has 1 aliphatic heterocycles. The molecule has 7 heteroatoms. The van der Waals surface area contributed by atoms with E-state index >= 15 is 0 Å². The van der Waals surface area contributed by atoms with E-state index in [1.807, 2.05) is 45.0 Å². The van der Waals surface area contributed by atoms with E-state index < -0.39 is 5.60 Å². The predicted octanol–water partition coefficient (Wildman–Crippen LogP) is 5.27. The number of hydrogen-bond donors (Lipinski definition) is 3. The molecule has 1 aliphatic rings. The van der Waals surface area contributed by atoms with Gasteiger partial charge in [-0.15, -0.1) is 0 Å². The minimum Gasteiger partial charge on any atom is -0.437 e. The molecule has 0 aliphatic carbocycles. The van der Waals surface area contributed by atoms with Crippen LogP contribution in [0, 0.1) is 6.92 Å². The van der Waals surface area contributed by atoms with Crippen molar-refractivity contribution in [3.8, 4) is 22.9 Å². The smallest absolute Gasteiger partial charge is 0.228 e. The summed E-state index contributed by atoms with van der Waals surface area (Å²) in [6, 6.07) is 16.3. The molecule has 0 radical (unpaired) electrons. The lowest BCUT2D eigenvalue weighted by Gasteiger charge is -2.23. The van der Waals surface area contributed by atoms with Crippen LogP contribution in [-0.4, -0.2) is 44.8 Å². The molecular weight excluding hydrogens is 450 g/mol. The number of aliphatic hydroxyl groups is 1. The van der Waals surface area contributed by atoms with Crippen LogP contribution < -0.4 is 15.4 Å². The van der Waals surface area contributed by atoms with Crippen LogP contribution in [0.4, 0.5) is 5.95 Å². The molecule has 3 heterocycles. The number of ether oxygens (including phenoxy) is 1. The largest absolute Gasteiger partial charge is 0.437 e. The van der Waals surface area contributed by atoms with Crippen molar-refractivity contribution < 1.29 is 9.84 Å². The summed E-state index contributed by atoms with van der Waals surface area (Å²) in [4.78, 5) is 13.8. The van der Waals surface area contributed by atoms with Crippen LogP contribution in [0.15, 0.2) is 60.9 Å². The molecule has 36 heavy (non-hydrogen) atoms. The maximum absolute atomic E-state index is 10.4. The summed E-state index contributed by atoms with van der Waals surface area (Å²) < 4.78 is 6.52. The van der Waals surface area contributed by atoms with Gasteiger partial charge in [0.1, 0.15) is 5.75 Å². The first-order valence-corrected chi connectivity index (χ1v) is 12.5. The summed E-state index contributed by atoms with van der Waals surface area (Å²) in [5.74, 6) is 1.85. The van der Waals surface area contributed by atoms with Crippen molar-refractivity contribution in [2.75, 3.05) is 18.4 Å². The van der Waals surface area contributed by atoms with Gasteiger partial charge in [-0.05, 0) is 74.9 Å². The molecule has 0 bridgehead atoms. The van der Waals surface area contributed by atoms with Crippen LogP contribution in [0.25, 0.3) is 22.0 Å². The van der Waals surface area contributed by atoms with Crippen molar-refractivity contribution >= 4 is 16.7 Å². The maximum atomic E-state index is 10.4. The second kappa shape index (κ2) is 10.2. The number of pyridine rings is 1. The average molecular weight is 484 g/mol. The molecule has 0 amide bonds. The van der Waals surface area contributed by atoms with Crippen LogP contribution >= 0.6 is 0 Å². The summed E-state index contributed by atoms with van der Waals surface area (Å²) in [6.45, 7) is 7.65. The van der Waals surface area contributed by atoms with Crippen LogP contribution in [0.1, 0.15) is 37.8 Å². The van der Waals surface area contributed by atoms with Gasteiger partial charge in [-0.25, -0.2) is 15.0 Å². The second-order valence-electron chi connectivity index (χ2n) is 10.1. The Balaban J connectivity index is 1.49. The molecule has 4 aromatic rings. The Morgan fingerprint density at radius 1 is 1.06 bits per heavy atom. The van der Waals surface area contributed by atoms with Gasteiger partial charge in [-0.2, -0.15) is 0 Å². The highest BCUT2D eigenvalue weighted by Crippen LogP contribution is 2.38. The number of aromatic nitrogens is 3. The third kappa shape index (κ3) is 5.48. The SMILES string of the molecule is Cc1ccc2c(CC(C)(C)O)cccc2c1Oc1ncccc1-c1ccnc(N[C@H]2CCCNC2)n1. The van der Waals surface area contributed by atoms with E-state index in [4.69, 9.17) is 9.72 Å². The number of piperidine rings is 1. The van der Waals surface area contributed by atoms with Crippen LogP contribution in [0.2, 0.25) is 0 Å². The van der Waals surface area contributed by atoms with Crippen LogP contribution in [0.3, 0.4) is 0 Å². The molecule has 2 aromatic carbocycles. The first-order chi connectivity index (χ1) is 17.4. The third-order valence-electron chi connectivity index (χ3n) is 6.45. The standard InChI is InChI=1S/C29H33N5O2/c1-19-11-12-22-20(17-29(2,3)35)7-4-9-23(22)26(19)36-27-24(10-6-15-31-27)25-13-16-32-28(34-25)33-21-8-5-14-30-18-21/h4,6-7,9-13,15-16,21,30,35H,5,8,14,17-18H2,1-3H3,(H,32,33,34)/t21-/m0/s1. The molecule has 0 saturated carbocycles. The number of aryl methyl sites for hydroxylation is 1. The number of hydrogen-bond acceptors (Lipinski definition) is 7. The monoisotopic (exact) mass is 483 g/mol. The van der Waals surface area contributed by atoms with Crippen molar-refractivity contribution in [2.45, 2.75) is 51.7 Å². The van der Waals surface area contributed by atoms with Crippen molar-refractivity contribution in [2.24, 2.45) is 0 Å². The number of nitrogens with one attached hydrogen (secondary N) is 2. The molecule has 2 aromatic heterocycles. The van der Waals surface area contributed by atoms with Gasteiger partial charge in [0.05, 0.1) is 16.9 Å². The number of nitrogens with zero attached hydrogens (tertiary/aromatic N) is 3. The van der Waals surface area contributed by atoms with E-state index in [0.717, 1.165) is 64.8 Å². The zero-order chi connectivity index (χ0) is 25.1. The summed E-state index contributed by atoms with van der Waals surface area (Å²) in [7, 11) is 0. The van der Waals surface area contributed by atoms with Gasteiger partial charge in [0.15, 0.2) is 0 Å². The summed E-state index contributed by atoms with van der Waals surface area (Å²) >= 11 is 0. The highest BCUT2D eigenvalue weighted by Gasteiger charge is 2.19. The fraction of sp³-hybridized carbons (Fsp3) is 0.345. The Labute approximate surface area is 212 Å². The van der Waals surface area contributed by atoms with E-state index in [-0.39, 0.29) is 0 Å². The van der Waals surface area contributed by atoms with Gasteiger partial charge in [0, 0.05) is 36.8 Å². The Morgan fingerprint density at radius 2 is 1.94 bits per heavy atom. The van der Waals surface area contributed by atoms with Gasteiger partial charge < -0.3 is 20.5 Å². The second-order valence-corrected chi connectivity index (χ2v) is 10.1. The lowest BCUT2D eigenvalue weighted by molar-refractivity contribution is 0.0813. The number of rotatable bonds is 7. The topological polar surface area (TPSA) is 92.2 Å². The summed E-state index contributed by atoms with van der Waals surface area (Å²) in [5.41, 5.74) is 2.83. The molecule has 1 saturated heterocycles. The summed E-state index contributed by atoms with van der Waals surface area (Å²) in [5, 5.41) is 19.3. The van der Waals surface area contributed by atoms with Crippen molar-refractivity contribution in [1.29, 1.82) is 0 Å². The fourth-order valence-corrected chi connectivity index (χ4v) is 4.76. The van der Waals surface area contributed by atoms with Gasteiger partial charge >= 0.3 is 0 Å². The number of fused-ring (bicyclic) bond motifs is 1. The normalized spacial score (nSPS) is 16.2. The highest BCUT2D eigenvalue weighted by molar-refractivity contribution is 5.92. The Kier molecular flexibility index (Phi) is 6.85. The van der Waals surface area contributed by atoms with E-state index in [9.17, 15) is 5.11 Å². The van der Waals surface area contributed by atoms with Gasteiger partial charge in [0.2, 0.25) is 11.8 Å². The average Bonchev–Trinajstić information content (AvgIpc) is 2.86. The molecule has 0 unspecified atom stereocenters. The fourth-order valence-electron chi connectivity index (χ4n) is 4.76. The quantitative estimate of drug-likeness (QED) is 0.330. The van der Waals surface area contributed by atoms with E-state index in [1.54, 1.807) is 12.4 Å². The molecule has 3 N–H and O–H groups in total. The molecule has 7 nitrogen and oxygen atoms in total. The predicted molar refractivity (Wildman–Crippen MR) is 144 cm³/mol. The Bertz CT molecular complexity index is 1360. The van der Waals surface area contributed by atoms with E-state index in [1.165, 1.54) is 0 Å². The zero-order valence-electron chi connectivity index (χ0n) is 21.1. The number of anilines is 1. The molecule has 5 rings (SSSR count). The van der Waals surface area contributed by atoms with Gasteiger partial charge in [-0.3, -0.25) is 0 Å². The van der Waals surface area contributed by atoms with Crippen molar-refractivity contribution in [3.63, 3.8) is 0 Å². The first-order valence-electron chi connectivity index (χ1n) is 12.5. The van der Waals surface area contributed by atoms with Gasteiger partial charge in [0.25, 0.3) is 0 Å². The lowest BCUT2D eigenvalue weighted by atomic mass is 9.93. The zero-order valence-corrected chi connectivity index (χ0v) is 21.1. The molecule has 0 spiro atoms. The molecule has 1 fully saturated rings. The lowest BCUT2D eigenvalue weighted by Crippen LogP contribution is -2.38. The number of benzene rings is 2. The third-order valence-corrected chi connectivity index (χ3v) is 6.45.